The van der Waals surface area contributed by atoms with Crippen LogP contribution in [0.5, 0.6) is 0 Å². The normalized spacial score (nSPS) is 29.8. The number of hydrogen-bond acceptors (Lipinski definition) is 3. The monoisotopic (exact) mass is 663 g/mol. The molecule has 2 aromatic carbocycles. The van der Waals surface area contributed by atoms with Crippen molar-refractivity contribution in [1.29, 1.82) is 0 Å². The Labute approximate surface area is 296 Å². The number of hydrogen-bond donors (Lipinski definition) is 3. The number of aryl methyl sites for hydroxylation is 1. The summed E-state index contributed by atoms with van der Waals surface area (Å²) in [6.07, 6.45) is 30.3. The van der Waals surface area contributed by atoms with E-state index < -0.39 is 11.9 Å². The van der Waals surface area contributed by atoms with E-state index in [1.807, 2.05) is 6.08 Å². The van der Waals surface area contributed by atoms with Gasteiger partial charge in [0.05, 0.1) is 12.0 Å². The lowest BCUT2D eigenvalue weighted by molar-refractivity contribution is -0.145. The summed E-state index contributed by atoms with van der Waals surface area (Å²) in [7, 11) is 0. The van der Waals surface area contributed by atoms with Crippen molar-refractivity contribution in [2.45, 2.75) is 108 Å². The molecule has 4 heteroatoms. The number of aliphatic hydroxyl groups excluding tert-OH is 1. The molecule has 0 heterocycles. The molecule has 49 heavy (non-hydrogen) atoms. The summed E-state index contributed by atoms with van der Waals surface area (Å²) in [4.78, 5) is 13.1. The Hall–Kier alpha value is -2.95. The standard InChI is InChI=1S/C45H61NO3/c46-32-37-24-26-40(44(48)49)43-41(45(28-11-4-12-29-45)38-19-9-3-10-20-38)27-25-36(42(37)43)30-35(23-22-33-14-5-1-6-15-33)18-13-21-39(47)31-34-16-7-2-8-17-34/h1,3,5-6,9-10,13-15,19-21,24-27,34-37,39-43,47H,2,4,7-8,11-12,16-18,22-23,28-32,46H2,(H,48,49). The first kappa shape index (κ1) is 35.9. The lowest BCUT2D eigenvalue weighted by Gasteiger charge is -2.55. The summed E-state index contributed by atoms with van der Waals surface area (Å²) in [6.45, 7) is 0.543. The van der Waals surface area contributed by atoms with Crippen molar-refractivity contribution in [3.63, 3.8) is 0 Å². The maximum Gasteiger partial charge on any atom is 0.310 e. The first-order chi connectivity index (χ1) is 24.0. The predicted molar refractivity (Wildman–Crippen MR) is 201 cm³/mol. The molecule has 8 atom stereocenters. The highest BCUT2D eigenvalue weighted by molar-refractivity contribution is 5.73. The average Bonchev–Trinajstić information content (AvgIpc) is 3.14. The SMILES string of the molecule is NCC1C=CC(C(=O)O)C2C1C(CC(CC=CC(O)CC1CCCCC1)CCc1ccccc1)C=CC2C1(c2ccccc2)CCCCC1. The van der Waals surface area contributed by atoms with E-state index in [0.29, 0.717) is 18.4 Å². The molecule has 6 rings (SSSR count). The Kier molecular flexibility index (Phi) is 12.7. The minimum absolute atomic E-state index is 0.00647. The molecule has 2 saturated carbocycles. The van der Waals surface area contributed by atoms with E-state index >= 15 is 0 Å². The maximum atomic E-state index is 13.1. The smallest absolute Gasteiger partial charge is 0.310 e. The van der Waals surface area contributed by atoms with Crippen molar-refractivity contribution >= 4 is 5.97 Å². The van der Waals surface area contributed by atoms with Crippen LogP contribution in [0.1, 0.15) is 101 Å². The maximum absolute atomic E-state index is 13.1. The van der Waals surface area contributed by atoms with Crippen molar-refractivity contribution in [2.75, 3.05) is 6.54 Å². The number of fused-ring (bicyclic) bond motifs is 1. The lowest BCUT2D eigenvalue weighted by Crippen LogP contribution is -2.52. The Balaban J connectivity index is 1.29. The van der Waals surface area contributed by atoms with Crippen molar-refractivity contribution in [2.24, 2.45) is 53.1 Å². The van der Waals surface area contributed by atoms with Crippen molar-refractivity contribution in [3.8, 4) is 0 Å². The molecular weight excluding hydrogens is 602 g/mol. The average molecular weight is 664 g/mol. The number of carboxylic acid groups (broad SMARTS) is 1. The fourth-order valence-electron chi connectivity index (χ4n) is 10.7. The summed E-state index contributed by atoms with van der Waals surface area (Å²) in [5, 5.41) is 21.7. The zero-order valence-electron chi connectivity index (χ0n) is 29.6. The Morgan fingerprint density at radius 3 is 2.18 bits per heavy atom. The largest absolute Gasteiger partial charge is 0.481 e. The summed E-state index contributed by atoms with van der Waals surface area (Å²) < 4.78 is 0. The van der Waals surface area contributed by atoms with Crippen LogP contribution >= 0.6 is 0 Å². The van der Waals surface area contributed by atoms with E-state index in [-0.39, 0.29) is 41.1 Å². The first-order valence-electron chi connectivity index (χ1n) is 19.7. The van der Waals surface area contributed by atoms with Crippen LogP contribution in [0, 0.1) is 47.3 Å². The third kappa shape index (κ3) is 8.68. The summed E-state index contributed by atoms with van der Waals surface area (Å²) >= 11 is 0. The molecule has 4 N–H and O–H groups in total. The molecular formula is C45H61NO3. The molecule has 2 fully saturated rings. The van der Waals surface area contributed by atoms with Crippen LogP contribution in [-0.2, 0) is 16.6 Å². The van der Waals surface area contributed by atoms with Gasteiger partial charge in [-0.05, 0) is 104 Å². The Bertz CT molecular complexity index is 1390. The third-order valence-electron chi connectivity index (χ3n) is 13.1. The van der Waals surface area contributed by atoms with Crippen molar-refractivity contribution in [1.82, 2.24) is 0 Å². The number of rotatable bonds is 14. The molecule has 4 nitrogen and oxygen atoms in total. The van der Waals surface area contributed by atoms with Gasteiger partial charge in [0.25, 0.3) is 0 Å². The number of nitrogens with two attached hydrogens (primary N) is 1. The molecule has 0 spiro atoms. The molecule has 264 valence electrons. The molecule has 4 aliphatic carbocycles. The number of carboxylic acids is 1. The molecule has 4 aliphatic rings. The van der Waals surface area contributed by atoms with Gasteiger partial charge in [-0.1, -0.05) is 148 Å². The molecule has 8 unspecified atom stereocenters. The minimum Gasteiger partial charge on any atom is -0.481 e. The molecule has 0 saturated heterocycles. The third-order valence-corrected chi connectivity index (χ3v) is 13.1. The second-order valence-corrected chi connectivity index (χ2v) is 16.1. The highest BCUT2D eigenvalue weighted by atomic mass is 16.4. The van der Waals surface area contributed by atoms with Crippen LogP contribution in [0.25, 0.3) is 0 Å². The van der Waals surface area contributed by atoms with E-state index in [0.717, 1.165) is 44.9 Å². The molecule has 0 aliphatic heterocycles. The fraction of sp³-hybridized carbons (Fsp3) is 0.578. The van der Waals surface area contributed by atoms with E-state index in [2.05, 4.69) is 91.0 Å². The van der Waals surface area contributed by atoms with Gasteiger partial charge >= 0.3 is 5.97 Å². The second kappa shape index (κ2) is 17.3. The van der Waals surface area contributed by atoms with Gasteiger partial charge in [-0.2, -0.15) is 0 Å². The molecule has 0 bridgehead atoms. The quantitative estimate of drug-likeness (QED) is 0.176. The number of allylic oxidation sites excluding steroid dienone is 3. The zero-order chi connectivity index (χ0) is 34.1. The second-order valence-electron chi connectivity index (χ2n) is 16.1. The van der Waals surface area contributed by atoms with E-state index in [9.17, 15) is 15.0 Å². The van der Waals surface area contributed by atoms with Gasteiger partial charge < -0.3 is 15.9 Å². The van der Waals surface area contributed by atoms with E-state index in [1.54, 1.807) is 0 Å². The molecule has 0 radical (unpaired) electrons. The van der Waals surface area contributed by atoms with Gasteiger partial charge in [0.1, 0.15) is 0 Å². The van der Waals surface area contributed by atoms with Gasteiger partial charge in [0.15, 0.2) is 0 Å². The van der Waals surface area contributed by atoms with Crippen LogP contribution in [-0.4, -0.2) is 28.8 Å². The topological polar surface area (TPSA) is 83.6 Å². The van der Waals surface area contributed by atoms with Crippen LogP contribution in [0.2, 0.25) is 0 Å². The van der Waals surface area contributed by atoms with Gasteiger partial charge in [0, 0.05) is 5.41 Å². The van der Waals surface area contributed by atoms with Crippen molar-refractivity contribution < 1.29 is 15.0 Å². The molecule has 0 amide bonds. The van der Waals surface area contributed by atoms with Crippen LogP contribution in [0.4, 0.5) is 0 Å². The number of aliphatic carboxylic acids is 1. The van der Waals surface area contributed by atoms with Crippen LogP contribution in [0.15, 0.2) is 97.1 Å². The zero-order valence-corrected chi connectivity index (χ0v) is 29.6. The summed E-state index contributed by atoms with van der Waals surface area (Å²) in [6, 6.07) is 21.8. The van der Waals surface area contributed by atoms with Gasteiger partial charge in [-0.25, -0.2) is 0 Å². The van der Waals surface area contributed by atoms with Crippen molar-refractivity contribution in [3.05, 3.63) is 108 Å². The summed E-state index contributed by atoms with van der Waals surface area (Å²) in [5.41, 5.74) is 9.24. The lowest BCUT2D eigenvalue weighted by atomic mass is 9.49. The Morgan fingerprint density at radius 2 is 1.49 bits per heavy atom. The first-order valence-corrected chi connectivity index (χ1v) is 19.7. The van der Waals surface area contributed by atoms with Crippen LogP contribution in [0.3, 0.4) is 0 Å². The van der Waals surface area contributed by atoms with Gasteiger partial charge in [-0.3, -0.25) is 4.79 Å². The highest BCUT2D eigenvalue weighted by Crippen LogP contribution is 2.57. The van der Waals surface area contributed by atoms with Gasteiger partial charge in [-0.15, -0.1) is 0 Å². The molecule has 0 aromatic heterocycles. The highest BCUT2D eigenvalue weighted by Gasteiger charge is 2.54. The van der Waals surface area contributed by atoms with Crippen LogP contribution < -0.4 is 5.73 Å². The van der Waals surface area contributed by atoms with E-state index in [1.165, 1.54) is 62.5 Å². The molecule has 2 aromatic rings. The minimum atomic E-state index is -0.699. The number of benzene rings is 2. The Morgan fingerprint density at radius 1 is 0.816 bits per heavy atom. The van der Waals surface area contributed by atoms with E-state index in [4.69, 9.17) is 5.73 Å². The number of carbonyl (C=O) groups is 1. The number of aliphatic hydroxyl groups is 1. The summed E-state index contributed by atoms with van der Waals surface area (Å²) in [5.74, 6) is 0.653. The fourth-order valence-corrected chi connectivity index (χ4v) is 10.7. The predicted octanol–water partition coefficient (Wildman–Crippen LogP) is 9.69. The van der Waals surface area contributed by atoms with Gasteiger partial charge in [0.2, 0.25) is 0 Å².